The summed E-state index contributed by atoms with van der Waals surface area (Å²) in [5.41, 5.74) is 1.12. The molecule has 0 radical (unpaired) electrons. The van der Waals surface area contributed by atoms with E-state index in [-0.39, 0.29) is 22.8 Å². The maximum absolute atomic E-state index is 12.6. The summed E-state index contributed by atoms with van der Waals surface area (Å²) in [5, 5.41) is 0. The van der Waals surface area contributed by atoms with E-state index in [2.05, 4.69) is 9.97 Å². The molecule has 0 saturated heterocycles. The van der Waals surface area contributed by atoms with E-state index in [0.29, 0.717) is 22.6 Å². The number of aromatic nitrogens is 2. The molecule has 0 bridgehead atoms. The van der Waals surface area contributed by atoms with E-state index in [1.807, 2.05) is 0 Å². The third-order valence-electron chi connectivity index (χ3n) is 4.35. The van der Waals surface area contributed by atoms with Crippen LogP contribution in [0.4, 0.5) is 0 Å². The zero-order valence-corrected chi connectivity index (χ0v) is 17.0. The monoisotopic (exact) mass is 408 g/mol. The van der Waals surface area contributed by atoms with Gasteiger partial charge in [-0.25, -0.2) is 19.6 Å². The molecule has 0 spiro atoms. The summed E-state index contributed by atoms with van der Waals surface area (Å²) < 4.78 is 20.3. The SMILES string of the molecule is COC(=O)c1nc(-c2cccc(OC)c2)nc(C(=O)OC)c1-c1cccc(OC)c1. The van der Waals surface area contributed by atoms with Crippen molar-refractivity contribution < 1.29 is 28.5 Å². The van der Waals surface area contributed by atoms with Gasteiger partial charge in [-0.2, -0.15) is 0 Å². The molecular weight excluding hydrogens is 388 g/mol. The van der Waals surface area contributed by atoms with Gasteiger partial charge >= 0.3 is 11.9 Å². The standard InChI is InChI=1S/C22H20N2O6/c1-27-15-9-5-7-13(11-15)17-18(21(25)29-3)23-20(24-19(17)22(26)30-4)14-8-6-10-16(12-14)28-2/h5-12H,1-4H3. The van der Waals surface area contributed by atoms with Crippen LogP contribution in [0.2, 0.25) is 0 Å². The number of esters is 2. The van der Waals surface area contributed by atoms with Crippen LogP contribution in [0.3, 0.4) is 0 Å². The maximum atomic E-state index is 12.6. The van der Waals surface area contributed by atoms with Crippen molar-refractivity contribution in [3.05, 3.63) is 59.9 Å². The lowest BCUT2D eigenvalue weighted by Gasteiger charge is -2.14. The number of nitrogens with zero attached hydrogens (tertiary/aromatic N) is 2. The summed E-state index contributed by atoms with van der Waals surface area (Å²) in [4.78, 5) is 34.0. The summed E-state index contributed by atoms with van der Waals surface area (Å²) in [7, 11) is 5.53. The Morgan fingerprint density at radius 3 is 1.63 bits per heavy atom. The fourth-order valence-electron chi connectivity index (χ4n) is 2.89. The summed E-state index contributed by atoms with van der Waals surface area (Å²) in [6, 6.07) is 13.8. The third kappa shape index (κ3) is 4.07. The van der Waals surface area contributed by atoms with Crippen LogP contribution in [0.5, 0.6) is 11.5 Å². The van der Waals surface area contributed by atoms with Crippen LogP contribution in [-0.2, 0) is 9.47 Å². The third-order valence-corrected chi connectivity index (χ3v) is 4.35. The van der Waals surface area contributed by atoms with Crippen LogP contribution in [-0.4, -0.2) is 50.3 Å². The smallest absolute Gasteiger partial charge is 0.357 e. The molecule has 0 atom stereocenters. The van der Waals surface area contributed by atoms with Gasteiger partial charge in [-0.15, -0.1) is 0 Å². The van der Waals surface area contributed by atoms with Crippen LogP contribution in [0.15, 0.2) is 48.5 Å². The zero-order valence-electron chi connectivity index (χ0n) is 17.0. The molecule has 0 aliphatic rings. The summed E-state index contributed by atoms with van der Waals surface area (Å²) in [6.07, 6.45) is 0. The van der Waals surface area contributed by atoms with Crippen molar-refractivity contribution in [3.63, 3.8) is 0 Å². The molecule has 1 heterocycles. The first kappa shape index (κ1) is 20.8. The van der Waals surface area contributed by atoms with Gasteiger partial charge in [-0.05, 0) is 29.8 Å². The quantitative estimate of drug-likeness (QED) is 0.573. The van der Waals surface area contributed by atoms with E-state index < -0.39 is 11.9 Å². The molecule has 154 valence electrons. The van der Waals surface area contributed by atoms with Gasteiger partial charge in [0.25, 0.3) is 0 Å². The molecule has 3 aromatic rings. The van der Waals surface area contributed by atoms with Gasteiger partial charge in [0, 0.05) is 11.1 Å². The Balaban J connectivity index is 2.34. The minimum atomic E-state index is -0.718. The number of ether oxygens (including phenoxy) is 4. The van der Waals surface area contributed by atoms with Gasteiger partial charge in [0.05, 0.1) is 28.4 Å². The fourth-order valence-corrected chi connectivity index (χ4v) is 2.89. The zero-order chi connectivity index (χ0) is 21.7. The highest BCUT2D eigenvalue weighted by molar-refractivity contribution is 6.04. The van der Waals surface area contributed by atoms with E-state index >= 15 is 0 Å². The molecule has 1 aromatic heterocycles. The average molecular weight is 408 g/mol. The molecule has 0 amide bonds. The minimum absolute atomic E-state index is 0.0704. The second-order valence-corrected chi connectivity index (χ2v) is 6.07. The fraction of sp³-hybridized carbons (Fsp3) is 0.182. The first-order valence-electron chi connectivity index (χ1n) is 8.89. The van der Waals surface area contributed by atoms with Crippen molar-refractivity contribution in [3.8, 4) is 34.0 Å². The van der Waals surface area contributed by atoms with Gasteiger partial charge < -0.3 is 18.9 Å². The molecule has 8 nitrogen and oxygen atoms in total. The van der Waals surface area contributed by atoms with Gasteiger partial charge in [0.1, 0.15) is 11.5 Å². The van der Waals surface area contributed by atoms with Crippen LogP contribution in [0, 0.1) is 0 Å². The Hall–Kier alpha value is -3.94. The van der Waals surface area contributed by atoms with Gasteiger partial charge in [-0.1, -0.05) is 24.3 Å². The van der Waals surface area contributed by atoms with Crippen LogP contribution in [0.25, 0.3) is 22.5 Å². The van der Waals surface area contributed by atoms with Crippen molar-refractivity contribution in [2.75, 3.05) is 28.4 Å². The predicted octanol–water partition coefficient (Wildman–Crippen LogP) is 3.40. The molecule has 8 heteroatoms. The number of hydrogen-bond donors (Lipinski definition) is 0. The van der Waals surface area contributed by atoms with Crippen molar-refractivity contribution >= 4 is 11.9 Å². The van der Waals surface area contributed by atoms with Crippen molar-refractivity contribution in [1.82, 2.24) is 9.97 Å². The minimum Gasteiger partial charge on any atom is -0.497 e. The van der Waals surface area contributed by atoms with Gasteiger partial charge in [-0.3, -0.25) is 0 Å². The molecule has 0 N–H and O–H groups in total. The molecule has 0 saturated carbocycles. The number of rotatable bonds is 6. The van der Waals surface area contributed by atoms with E-state index in [9.17, 15) is 9.59 Å². The summed E-state index contributed by atoms with van der Waals surface area (Å²) in [6.45, 7) is 0. The lowest BCUT2D eigenvalue weighted by molar-refractivity contribution is 0.0592. The lowest BCUT2D eigenvalue weighted by atomic mass is 10.0. The van der Waals surface area contributed by atoms with Gasteiger partial charge in [0.15, 0.2) is 17.2 Å². The summed E-state index contributed by atoms with van der Waals surface area (Å²) >= 11 is 0. The van der Waals surface area contributed by atoms with Crippen LogP contribution < -0.4 is 9.47 Å². The molecule has 2 aromatic carbocycles. The van der Waals surface area contributed by atoms with Gasteiger partial charge in [0.2, 0.25) is 0 Å². The highest BCUT2D eigenvalue weighted by Crippen LogP contribution is 2.32. The van der Waals surface area contributed by atoms with Crippen molar-refractivity contribution in [2.24, 2.45) is 0 Å². The first-order chi connectivity index (χ1) is 14.5. The maximum Gasteiger partial charge on any atom is 0.357 e. The van der Waals surface area contributed by atoms with E-state index in [4.69, 9.17) is 18.9 Å². The number of methoxy groups -OCH3 is 4. The second kappa shape index (κ2) is 9.04. The topological polar surface area (TPSA) is 96.8 Å². The summed E-state index contributed by atoms with van der Waals surface area (Å²) in [5.74, 6) is -0.168. The number of carbonyl (C=O) groups excluding carboxylic acids is 2. The molecule has 0 unspecified atom stereocenters. The van der Waals surface area contributed by atoms with E-state index in [0.717, 1.165) is 0 Å². The number of benzene rings is 2. The Labute approximate surface area is 173 Å². The first-order valence-corrected chi connectivity index (χ1v) is 8.89. The Morgan fingerprint density at radius 2 is 1.17 bits per heavy atom. The molecule has 0 fully saturated rings. The highest BCUT2D eigenvalue weighted by Gasteiger charge is 2.27. The van der Waals surface area contributed by atoms with Crippen molar-refractivity contribution in [2.45, 2.75) is 0 Å². The number of hydrogen-bond acceptors (Lipinski definition) is 8. The Morgan fingerprint density at radius 1 is 0.700 bits per heavy atom. The largest absolute Gasteiger partial charge is 0.497 e. The highest BCUT2D eigenvalue weighted by atomic mass is 16.5. The Kier molecular flexibility index (Phi) is 6.26. The molecule has 3 rings (SSSR count). The molecule has 30 heavy (non-hydrogen) atoms. The lowest BCUT2D eigenvalue weighted by Crippen LogP contribution is -2.16. The number of carbonyl (C=O) groups is 2. The second-order valence-electron chi connectivity index (χ2n) is 6.07. The predicted molar refractivity (Wildman–Crippen MR) is 109 cm³/mol. The van der Waals surface area contributed by atoms with Crippen LogP contribution >= 0.6 is 0 Å². The molecular formula is C22H20N2O6. The van der Waals surface area contributed by atoms with Crippen LogP contribution in [0.1, 0.15) is 21.0 Å². The van der Waals surface area contributed by atoms with E-state index in [1.54, 1.807) is 48.5 Å². The van der Waals surface area contributed by atoms with Crippen molar-refractivity contribution in [1.29, 1.82) is 0 Å². The molecule has 0 aliphatic carbocycles. The Bertz CT molecular complexity index is 1060. The normalized spacial score (nSPS) is 10.3. The average Bonchev–Trinajstić information content (AvgIpc) is 2.82. The molecule has 0 aliphatic heterocycles. The van der Waals surface area contributed by atoms with E-state index in [1.165, 1.54) is 28.4 Å².